The van der Waals surface area contributed by atoms with Crippen LogP contribution < -0.4 is 10.6 Å². The molecule has 0 bridgehead atoms. The van der Waals surface area contributed by atoms with Gasteiger partial charge >= 0.3 is 0 Å². The first kappa shape index (κ1) is 13.2. The van der Waals surface area contributed by atoms with E-state index >= 15 is 0 Å². The summed E-state index contributed by atoms with van der Waals surface area (Å²) in [6, 6.07) is 10.5. The number of fused-ring (bicyclic) bond motifs is 1. The van der Waals surface area contributed by atoms with E-state index in [0.717, 1.165) is 36.9 Å². The van der Waals surface area contributed by atoms with E-state index in [1.807, 2.05) is 12.3 Å². The van der Waals surface area contributed by atoms with Crippen molar-refractivity contribution >= 4 is 23.4 Å². The molecule has 2 aromatic rings. The third-order valence-corrected chi connectivity index (χ3v) is 4.12. The number of nitrogens with zero attached hydrogens (tertiary/aromatic N) is 3. The number of aromatic nitrogens is 2. The van der Waals surface area contributed by atoms with Crippen molar-refractivity contribution < 1.29 is 0 Å². The Morgan fingerprint density at radius 1 is 1.20 bits per heavy atom. The van der Waals surface area contributed by atoms with E-state index in [2.05, 4.69) is 39.1 Å². The van der Waals surface area contributed by atoms with Crippen molar-refractivity contribution in [2.45, 2.75) is 24.5 Å². The zero-order chi connectivity index (χ0) is 13.9. The van der Waals surface area contributed by atoms with Crippen LogP contribution in [0.5, 0.6) is 0 Å². The topological polar surface area (TPSA) is 55.0 Å². The van der Waals surface area contributed by atoms with Gasteiger partial charge in [-0.15, -0.1) is 0 Å². The van der Waals surface area contributed by atoms with Gasteiger partial charge in [0.2, 0.25) is 0 Å². The van der Waals surface area contributed by atoms with E-state index in [9.17, 15) is 0 Å². The summed E-state index contributed by atoms with van der Waals surface area (Å²) in [5.74, 6) is 1.47. The predicted octanol–water partition coefficient (Wildman–Crippen LogP) is 2.73. The van der Waals surface area contributed by atoms with Gasteiger partial charge < -0.3 is 10.6 Å². The molecule has 5 heteroatoms. The van der Waals surface area contributed by atoms with Gasteiger partial charge in [-0.1, -0.05) is 36.0 Å². The summed E-state index contributed by atoms with van der Waals surface area (Å²) < 4.78 is 0. The van der Waals surface area contributed by atoms with E-state index < -0.39 is 0 Å². The summed E-state index contributed by atoms with van der Waals surface area (Å²) in [4.78, 5) is 11.1. The van der Waals surface area contributed by atoms with Crippen molar-refractivity contribution in [2.24, 2.45) is 0 Å². The average molecular weight is 286 g/mol. The SMILES string of the molecule is CSc1nc(N)cc(N2CCCc3ccccc3C2)n1. The fourth-order valence-corrected chi connectivity index (χ4v) is 2.96. The summed E-state index contributed by atoms with van der Waals surface area (Å²) >= 11 is 1.52. The summed E-state index contributed by atoms with van der Waals surface area (Å²) in [6.45, 7) is 1.89. The normalized spacial score (nSPS) is 14.8. The maximum atomic E-state index is 5.88. The van der Waals surface area contributed by atoms with Gasteiger partial charge in [-0.2, -0.15) is 0 Å². The Bertz CT molecular complexity index is 615. The van der Waals surface area contributed by atoms with E-state index in [1.165, 1.54) is 22.9 Å². The van der Waals surface area contributed by atoms with Gasteiger partial charge in [0.25, 0.3) is 0 Å². The molecule has 4 nitrogen and oxygen atoms in total. The smallest absolute Gasteiger partial charge is 0.191 e. The van der Waals surface area contributed by atoms with Crippen LogP contribution in [0.2, 0.25) is 0 Å². The number of nitrogens with two attached hydrogens (primary N) is 1. The molecule has 2 heterocycles. The lowest BCUT2D eigenvalue weighted by molar-refractivity contribution is 0.744. The molecule has 0 fully saturated rings. The van der Waals surface area contributed by atoms with Crippen LogP contribution in [0.4, 0.5) is 11.6 Å². The van der Waals surface area contributed by atoms with E-state index in [4.69, 9.17) is 5.73 Å². The van der Waals surface area contributed by atoms with Gasteiger partial charge in [-0.3, -0.25) is 0 Å². The quantitative estimate of drug-likeness (QED) is 0.679. The van der Waals surface area contributed by atoms with Crippen LogP contribution in [-0.2, 0) is 13.0 Å². The van der Waals surface area contributed by atoms with E-state index in [1.54, 1.807) is 0 Å². The van der Waals surface area contributed by atoms with Gasteiger partial charge in [0.1, 0.15) is 11.6 Å². The first-order valence-corrected chi connectivity index (χ1v) is 7.99. The third kappa shape index (κ3) is 2.72. The number of rotatable bonds is 2. The lowest BCUT2D eigenvalue weighted by Gasteiger charge is -2.22. The van der Waals surface area contributed by atoms with Crippen molar-refractivity contribution in [1.82, 2.24) is 9.97 Å². The second-order valence-electron chi connectivity index (χ2n) is 4.93. The molecule has 0 aliphatic carbocycles. The Balaban J connectivity index is 1.93. The Hall–Kier alpha value is -1.75. The van der Waals surface area contributed by atoms with E-state index in [-0.39, 0.29) is 0 Å². The standard InChI is InChI=1S/C15H18N4S/c1-20-15-17-13(16)9-14(18-15)19-8-4-7-11-5-2-3-6-12(11)10-19/h2-3,5-6,9H,4,7-8,10H2,1H3,(H2,16,17,18). The molecule has 0 amide bonds. The molecule has 1 aliphatic heterocycles. The highest BCUT2D eigenvalue weighted by Gasteiger charge is 2.16. The van der Waals surface area contributed by atoms with Crippen LogP contribution in [0.15, 0.2) is 35.5 Å². The van der Waals surface area contributed by atoms with Crippen molar-refractivity contribution in [3.05, 3.63) is 41.5 Å². The second-order valence-corrected chi connectivity index (χ2v) is 5.70. The zero-order valence-corrected chi connectivity index (χ0v) is 12.4. The van der Waals surface area contributed by atoms with Crippen LogP contribution >= 0.6 is 11.8 Å². The number of benzene rings is 1. The van der Waals surface area contributed by atoms with Gasteiger partial charge in [-0.25, -0.2) is 9.97 Å². The summed E-state index contributed by atoms with van der Waals surface area (Å²) in [7, 11) is 0. The monoisotopic (exact) mass is 286 g/mol. The number of hydrogen-bond acceptors (Lipinski definition) is 5. The fourth-order valence-electron chi connectivity index (χ4n) is 2.58. The van der Waals surface area contributed by atoms with Crippen LogP contribution in [0.25, 0.3) is 0 Å². The molecule has 0 saturated heterocycles. The molecular weight excluding hydrogens is 268 g/mol. The minimum atomic E-state index is 0.539. The highest BCUT2D eigenvalue weighted by atomic mass is 32.2. The number of thioether (sulfide) groups is 1. The van der Waals surface area contributed by atoms with Gasteiger partial charge in [-0.05, 0) is 30.2 Å². The highest BCUT2D eigenvalue weighted by molar-refractivity contribution is 7.98. The first-order chi connectivity index (χ1) is 9.76. The van der Waals surface area contributed by atoms with Gasteiger partial charge in [0, 0.05) is 19.2 Å². The third-order valence-electron chi connectivity index (χ3n) is 3.57. The van der Waals surface area contributed by atoms with E-state index in [0.29, 0.717) is 5.82 Å². The fraction of sp³-hybridized carbons (Fsp3) is 0.333. The molecule has 20 heavy (non-hydrogen) atoms. The number of hydrogen-bond donors (Lipinski definition) is 1. The number of nitrogen functional groups attached to an aromatic ring is 1. The number of anilines is 2. The summed E-state index contributed by atoms with van der Waals surface area (Å²) in [6.07, 6.45) is 4.23. The van der Waals surface area contributed by atoms with Crippen molar-refractivity contribution in [3.63, 3.8) is 0 Å². The molecule has 0 spiro atoms. The van der Waals surface area contributed by atoms with Crippen molar-refractivity contribution in [3.8, 4) is 0 Å². The molecule has 3 rings (SSSR count). The van der Waals surface area contributed by atoms with Crippen LogP contribution in [0.3, 0.4) is 0 Å². The predicted molar refractivity (Wildman–Crippen MR) is 84.0 cm³/mol. The zero-order valence-electron chi connectivity index (χ0n) is 11.5. The van der Waals surface area contributed by atoms with Gasteiger partial charge in [0.15, 0.2) is 5.16 Å². The molecule has 1 aliphatic rings. The summed E-state index contributed by atoms with van der Waals surface area (Å²) in [5, 5.41) is 0.734. The minimum Gasteiger partial charge on any atom is -0.383 e. The van der Waals surface area contributed by atoms with Crippen LogP contribution in [-0.4, -0.2) is 22.8 Å². The first-order valence-electron chi connectivity index (χ1n) is 6.76. The second kappa shape index (κ2) is 5.71. The van der Waals surface area contributed by atoms with Crippen LogP contribution in [0.1, 0.15) is 17.5 Å². The Labute approximate surface area is 123 Å². The van der Waals surface area contributed by atoms with Gasteiger partial charge in [0.05, 0.1) is 0 Å². The molecule has 1 aromatic heterocycles. The molecular formula is C15H18N4S. The maximum Gasteiger partial charge on any atom is 0.191 e. The molecule has 0 radical (unpaired) electrons. The average Bonchev–Trinajstić information content (AvgIpc) is 2.68. The van der Waals surface area contributed by atoms with Crippen molar-refractivity contribution in [1.29, 1.82) is 0 Å². The molecule has 0 atom stereocenters. The molecule has 104 valence electrons. The molecule has 0 saturated carbocycles. The maximum absolute atomic E-state index is 5.88. The Morgan fingerprint density at radius 3 is 2.80 bits per heavy atom. The van der Waals surface area contributed by atoms with Crippen LogP contribution in [0, 0.1) is 0 Å². The van der Waals surface area contributed by atoms with Crippen molar-refractivity contribution in [2.75, 3.05) is 23.4 Å². The lowest BCUT2D eigenvalue weighted by Crippen LogP contribution is -2.24. The number of aryl methyl sites for hydroxylation is 1. The molecule has 2 N–H and O–H groups in total. The Kier molecular flexibility index (Phi) is 3.78. The Morgan fingerprint density at radius 2 is 2.00 bits per heavy atom. The minimum absolute atomic E-state index is 0.539. The molecule has 0 unspecified atom stereocenters. The largest absolute Gasteiger partial charge is 0.383 e. The summed E-state index contributed by atoms with van der Waals surface area (Å²) in [5.41, 5.74) is 8.71. The lowest BCUT2D eigenvalue weighted by atomic mass is 10.0. The highest BCUT2D eigenvalue weighted by Crippen LogP contribution is 2.24. The molecule has 1 aromatic carbocycles.